The Morgan fingerprint density at radius 2 is 1.42 bits per heavy atom. The second-order valence-electron chi connectivity index (χ2n) is 7.84. The monoisotopic (exact) mass is 474 g/mol. The number of carbonyl (C=O) groups excluding carboxylic acids is 1. The molecule has 1 amide bonds. The lowest BCUT2D eigenvalue weighted by Gasteiger charge is -2.33. The molecule has 1 aliphatic rings. The van der Waals surface area contributed by atoms with E-state index in [0.717, 1.165) is 38.7 Å². The van der Waals surface area contributed by atoms with Gasteiger partial charge in [0.25, 0.3) is 5.24 Å². The van der Waals surface area contributed by atoms with E-state index in [1.54, 1.807) is 16.6 Å². The number of para-hydroxylation sites is 2. The Morgan fingerprint density at radius 3 is 2.03 bits per heavy atom. The van der Waals surface area contributed by atoms with Gasteiger partial charge in [-0.1, -0.05) is 59.9 Å². The van der Waals surface area contributed by atoms with E-state index in [1.807, 2.05) is 86.6 Å². The number of hydrogen-bond donors (Lipinski definition) is 0. The molecule has 1 atom stereocenters. The summed E-state index contributed by atoms with van der Waals surface area (Å²) in [6, 6.07) is 23.2. The quantitative estimate of drug-likeness (QED) is 0.334. The van der Waals surface area contributed by atoms with E-state index in [0.29, 0.717) is 5.82 Å². The molecule has 0 radical (unpaired) electrons. The van der Waals surface area contributed by atoms with Crippen LogP contribution in [0, 0.1) is 13.8 Å². The van der Waals surface area contributed by atoms with Gasteiger partial charge < -0.3 is 4.74 Å². The van der Waals surface area contributed by atoms with Gasteiger partial charge in [0.15, 0.2) is 0 Å². The number of carbonyl (C=O) groups is 1. The number of thioether (sulfide) groups is 1. The average molecular weight is 475 g/mol. The van der Waals surface area contributed by atoms with Crippen molar-refractivity contribution in [3.63, 3.8) is 0 Å². The summed E-state index contributed by atoms with van der Waals surface area (Å²) < 4.78 is 6.99. The van der Waals surface area contributed by atoms with Crippen molar-refractivity contribution < 1.29 is 9.53 Å². The summed E-state index contributed by atoms with van der Waals surface area (Å²) in [4.78, 5) is 29.5. The highest BCUT2D eigenvalue weighted by atomic mass is 32.2. The van der Waals surface area contributed by atoms with Crippen LogP contribution < -0.4 is 14.5 Å². The average Bonchev–Trinajstić information content (AvgIpc) is 3.16. The smallest absolute Gasteiger partial charge is 0.313 e. The molecule has 5 rings (SSSR count). The number of thiazole rings is 1. The van der Waals surface area contributed by atoms with Crippen LogP contribution in [0.25, 0.3) is 5.69 Å². The molecular formula is C26H22N2O3S2. The molecule has 166 valence electrons. The molecule has 3 aromatic carbocycles. The highest BCUT2D eigenvalue weighted by Gasteiger charge is 2.39. The molecule has 7 heteroatoms. The first-order chi connectivity index (χ1) is 16.0. The molecule has 0 fully saturated rings. The van der Waals surface area contributed by atoms with Gasteiger partial charge >= 0.3 is 4.87 Å². The third kappa shape index (κ3) is 3.67. The summed E-state index contributed by atoms with van der Waals surface area (Å²) in [5.41, 5.74) is 4.46. The van der Waals surface area contributed by atoms with E-state index in [-0.39, 0.29) is 15.4 Å². The predicted molar refractivity (Wildman–Crippen MR) is 136 cm³/mol. The van der Waals surface area contributed by atoms with Crippen LogP contribution in [0.1, 0.15) is 26.8 Å². The Morgan fingerprint density at radius 1 is 0.818 bits per heavy atom. The number of fused-ring (bicyclic) bond motifs is 1. The fourth-order valence-electron chi connectivity index (χ4n) is 4.11. The van der Waals surface area contributed by atoms with Crippen molar-refractivity contribution >= 4 is 39.8 Å². The second kappa shape index (κ2) is 8.57. The number of benzene rings is 3. The van der Waals surface area contributed by atoms with Crippen molar-refractivity contribution in [2.45, 2.75) is 19.1 Å². The molecule has 1 aliphatic heterocycles. The van der Waals surface area contributed by atoms with Gasteiger partial charge in [-0.05, 0) is 66.6 Å². The number of anilines is 2. The van der Waals surface area contributed by atoms with Crippen molar-refractivity contribution in [2.75, 3.05) is 12.0 Å². The maximum absolute atomic E-state index is 13.6. The predicted octanol–water partition coefficient (Wildman–Crippen LogP) is 6.62. The van der Waals surface area contributed by atoms with Gasteiger partial charge in [0.2, 0.25) is 0 Å². The molecular weight excluding hydrogens is 452 g/mol. The maximum Gasteiger partial charge on any atom is 0.313 e. The first-order valence-electron chi connectivity index (χ1n) is 10.5. The van der Waals surface area contributed by atoms with Crippen molar-refractivity contribution in [2.24, 2.45) is 0 Å². The number of methoxy groups -OCH3 is 1. The molecule has 0 N–H and O–H groups in total. The number of ether oxygens (including phenoxy) is 1. The zero-order valence-corrected chi connectivity index (χ0v) is 20.1. The van der Waals surface area contributed by atoms with Gasteiger partial charge in [0, 0.05) is 0 Å². The van der Waals surface area contributed by atoms with Crippen LogP contribution in [-0.4, -0.2) is 16.9 Å². The molecule has 0 saturated carbocycles. The summed E-state index contributed by atoms with van der Waals surface area (Å²) in [5.74, 6) is 1.37. The van der Waals surface area contributed by atoms with Gasteiger partial charge in [-0.25, -0.2) is 0 Å². The number of aromatic nitrogens is 1. The normalized spacial score (nSPS) is 15.4. The Balaban J connectivity index is 1.78. The summed E-state index contributed by atoms with van der Waals surface area (Å²) >= 11 is 2.43. The number of hydrogen-bond acceptors (Lipinski definition) is 5. The molecule has 2 heterocycles. The fourth-order valence-corrected chi connectivity index (χ4v) is 6.38. The van der Waals surface area contributed by atoms with E-state index < -0.39 is 0 Å². The minimum absolute atomic E-state index is 0.110. The van der Waals surface area contributed by atoms with Crippen molar-refractivity contribution in [3.8, 4) is 11.4 Å². The SMILES string of the molecule is COc1ccc(C2SC(=O)N(c3ccccc3C)c3c2sc(=O)n3-c2ccccc2C)cc1. The Hall–Kier alpha value is -3.29. The number of rotatable bonds is 4. The van der Waals surface area contributed by atoms with Crippen LogP contribution in [0.5, 0.6) is 5.75 Å². The molecule has 0 bridgehead atoms. The molecule has 0 aliphatic carbocycles. The minimum atomic E-state index is -0.276. The molecule has 33 heavy (non-hydrogen) atoms. The van der Waals surface area contributed by atoms with Gasteiger partial charge in [-0.2, -0.15) is 0 Å². The van der Waals surface area contributed by atoms with E-state index in [9.17, 15) is 9.59 Å². The third-order valence-corrected chi connectivity index (χ3v) is 8.07. The van der Waals surface area contributed by atoms with E-state index in [2.05, 4.69) is 0 Å². The lowest BCUT2D eigenvalue weighted by atomic mass is 10.1. The van der Waals surface area contributed by atoms with Crippen LogP contribution in [0.2, 0.25) is 0 Å². The summed E-state index contributed by atoms with van der Waals surface area (Å²) in [6.45, 7) is 3.95. The van der Waals surface area contributed by atoms with E-state index in [4.69, 9.17) is 4.74 Å². The molecule has 1 unspecified atom stereocenters. The first-order valence-corrected chi connectivity index (χ1v) is 12.2. The molecule has 0 saturated heterocycles. The van der Waals surface area contributed by atoms with Crippen molar-refractivity contribution in [1.29, 1.82) is 0 Å². The van der Waals surface area contributed by atoms with Crippen LogP contribution in [0.15, 0.2) is 77.6 Å². The highest BCUT2D eigenvalue weighted by molar-refractivity contribution is 8.14. The largest absolute Gasteiger partial charge is 0.497 e. The number of amides is 1. The number of aryl methyl sites for hydroxylation is 2. The maximum atomic E-state index is 13.6. The first kappa shape index (κ1) is 21.6. The number of nitrogens with zero attached hydrogens (tertiary/aromatic N) is 2. The Bertz CT molecular complexity index is 1410. The van der Waals surface area contributed by atoms with Crippen molar-refractivity contribution in [1.82, 2.24) is 4.57 Å². The van der Waals surface area contributed by atoms with Gasteiger partial charge in [-0.3, -0.25) is 19.1 Å². The lowest BCUT2D eigenvalue weighted by molar-refractivity contribution is 0.266. The summed E-state index contributed by atoms with van der Waals surface area (Å²) in [7, 11) is 1.63. The Kier molecular flexibility index (Phi) is 5.60. The van der Waals surface area contributed by atoms with E-state index in [1.165, 1.54) is 23.1 Å². The van der Waals surface area contributed by atoms with Crippen LogP contribution in [-0.2, 0) is 0 Å². The van der Waals surface area contributed by atoms with Crippen LogP contribution in [0.3, 0.4) is 0 Å². The van der Waals surface area contributed by atoms with Crippen LogP contribution in [0.4, 0.5) is 16.3 Å². The van der Waals surface area contributed by atoms with Gasteiger partial charge in [-0.15, -0.1) is 0 Å². The summed E-state index contributed by atoms with van der Waals surface area (Å²) in [5, 5.41) is -0.389. The standard InChI is InChI=1S/C26H22N2O3S2/c1-16-8-4-6-10-20(16)27-24-23(33-26(30)28(24)21-11-7-5-9-17(21)2)22(32-25(27)29)18-12-14-19(31-3)15-13-18/h4-15,22H,1-3H3. The molecule has 4 aromatic rings. The topological polar surface area (TPSA) is 51.5 Å². The fraction of sp³-hybridized carbons (Fsp3) is 0.154. The molecule has 1 aromatic heterocycles. The second-order valence-corrected chi connectivity index (χ2v) is 9.89. The van der Waals surface area contributed by atoms with Gasteiger partial charge in [0.1, 0.15) is 11.6 Å². The minimum Gasteiger partial charge on any atom is -0.497 e. The summed E-state index contributed by atoms with van der Waals surface area (Å²) in [6.07, 6.45) is 0. The highest BCUT2D eigenvalue weighted by Crippen LogP contribution is 2.51. The Labute approximate surface area is 200 Å². The molecule has 0 spiro atoms. The van der Waals surface area contributed by atoms with Gasteiger partial charge in [0.05, 0.1) is 28.6 Å². The lowest BCUT2D eigenvalue weighted by Crippen LogP contribution is -2.31. The zero-order chi connectivity index (χ0) is 23.1. The van der Waals surface area contributed by atoms with Crippen LogP contribution >= 0.6 is 23.1 Å². The molecule has 5 nitrogen and oxygen atoms in total. The van der Waals surface area contributed by atoms with E-state index >= 15 is 0 Å². The van der Waals surface area contributed by atoms with Crippen molar-refractivity contribution in [3.05, 3.63) is 104 Å². The third-order valence-electron chi connectivity index (χ3n) is 5.79. The zero-order valence-electron chi connectivity index (χ0n) is 18.4.